The molecule has 0 spiro atoms. The maximum absolute atomic E-state index is 12.1. The van der Waals surface area contributed by atoms with E-state index in [9.17, 15) is 9.59 Å². The molecule has 1 atom stereocenters. The van der Waals surface area contributed by atoms with Crippen LogP contribution in [0.4, 0.5) is 10.6 Å². The molecule has 1 aromatic heterocycles. The molecule has 7 heteroatoms. The van der Waals surface area contributed by atoms with E-state index in [-0.39, 0.29) is 5.91 Å². The minimum absolute atomic E-state index is 0.0736. The van der Waals surface area contributed by atoms with Crippen molar-refractivity contribution in [3.63, 3.8) is 0 Å². The Balaban J connectivity index is 1.60. The fourth-order valence-corrected chi connectivity index (χ4v) is 2.63. The lowest BCUT2D eigenvalue weighted by molar-refractivity contribution is -0.134. The second kappa shape index (κ2) is 7.65. The van der Waals surface area contributed by atoms with E-state index in [1.807, 2.05) is 30.3 Å². The van der Waals surface area contributed by atoms with E-state index in [1.165, 1.54) is 0 Å². The first-order chi connectivity index (χ1) is 12.1. The third kappa shape index (κ3) is 4.47. The number of likely N-dealkylation sites (N-methyl/N-ethyl adjacent to an activating group) is 1. The van der Waals surface area contributed by atoms with Crippen molar-refractivity contribution in [3.05, 3.63) is 48.5 Å². The summed E-state index contributed by atoms with van der Waals surface area (Å²) >= 11 is 0. The number of hydrogen-bond acceptors (Lipinski definition) is 4. The van der Waals surface area contributed by atoms with Crippen LogP contribution in [0.15, 0.2) is 48.5 Å². The number of rotatable bonds is 4. The van der Waals surface area contributed by atoms with Gasteiger partial charge in [-0.2, -0.15) is 4.98 Å². The summed E-state index contributed by atoms with van der Waals surface area (Å²) < 4.78 is 5.64. The molecule has 3 rings (SSSR count). The highest BCUT2D eigenvalue weighted by atomic mass is 16.5. The summed E-state index contributed by atoms with van der Waals surface area (Å²) in [5, 5.41) is 5.33. The molecule has 1 unspecified atom stereocenters. The molecule has 2 heterocycles. The number of urea groups is 1. The number of hydrogen-bond donors (Lipinski definition) is 2. The fourth-order valence-electron chi connectivity index (χ4n) is 2.63. The monoisotopic (exact) mass is 340 g/mol. The SMILES string of the molecule is CN1CCCC(NC(=O)Nc2cccc(Oc3ccccc3)n2)C1=O. The number of piperidine rings is 1. The Bertz CT molecular complexity index is 751. The number of aromatic nitrogens is 1. The van der Waals surface area contributed by atoms with Crippen molar-refractivity contribution in [2.75, 3.05) is 18.9 Å². The van der Waals surface area contributed by atoms with Crippen LogP contribution in [0.3, 0.4) is 0 Å². The Labute approximate surface area is 146 Å². The zero-order valence-corrected chi connectivity index (χ0v) is 13.9. The normalized spacial score (nSPS) is 17.1. The van der Waals surface area contributed by atoms with Crippen LogP contribution >= 0.6 is 0 Å². The minimum Gasteiger partial charge on any atom is -0.439 e. The molecule has 1 aromatic carbocycles. The quantitative estimate of drug-likeness (QED) is 0.896. The van der Waals surface area contributed by atoms with Crippen molar-refractivity contribution in [3.8, 4) is 11.6 Å². The Hall–Kier alpha value is -3.09. The summed E-state index contributed by atoms with van der Waals surface area (Å²) in [5.41, 5.74) is 0. The molecule has 0 radical (unpaired) electrons. The van der Waals surface area contributed by atoms with Crippen LogP contribution < -0.4 is 15.4 Å². The first-order valence-electron chi connectivity index (χ1n) is 8.14. The number of nitrogens with zero attached hydrogens (tertiary/aromatic N) is 2. The summed E-state index contributed by atoms with van der Waals surface area (Å²) in [7, 11) is 1.74. The lowest BCUT2D eigenvalue weighted by atomic mass is 10.1. The average Bonchev–Trinajstić information content (AvgIpc) is 2.60. The van der Waals surface area contributed by atoms with Gasteiger partial charge in [-0.05, 0) is 31.0 Å². The van der Waals surface area contributed by atoms with Crippen molar-refractivity contribution in [1.29, 1.82) is 0 Å². The molecule has 7 nitrogen and oxygen atoms in total. The fraction of sp³-hybridized carbons (Fsp3) is 0.278. The first-order valence-corrected chi connectivity index (χ1v) is 8.14. The van der Waals surface area contributed by atoms with Crippen LogP contribution in [0.5, 0.6) is 11.6 Å². The van der Waals surface area contributed by atoms with Gasteiger partial charge in [0.25, 0.3) is 0 Å². The number of benzene rings is 1. The Kier molecular flexibility index (Phi) is 5.13. The van der Waals surface area contributed by atoms with Gasteiger partial charge in [0, 0.05) is 19.7 Å². The number of likely N-dealkylation sites (tertiary alicyclic amines) is 1. The van der Waals surface area contributed by atoms with Crippen LogP contribution in [-0.4, -0.2) is 41.5 Å². The van der Waals surface area contributed by atoms with Gasteiger partial charge in [0.05, 0.1) is 0 Å². The maximum Gasteiger partial charge on any atom is 0.321 e. The Morgan fingerprint density at radius 1 is 1.20 bits per heavy atom. The van der Waals surface area contributed by atoms with E-state index in [1.54, 1.807) is 30.1 Å². The van der Waals surface area contributed by atoms with Gasteiger partial charge in [0.1, 0.15) is 17.6 Å². The van der Waals surface area contributed by atoms with Crippen molar-refractivity contribution in [1.82, 2.24) is 15.2 Å². The van der Waals surface area contributed by atoms with Crippen LogP contribution in [0, 0.1) is 0 Å². The van der Waals surface area contributed by atoms with Gasteiger partial charge in [-0.25, -0.2) is 4.79 Å². The number of carbonyl (C=O) groups is 2. The lowest BCUT2D eigenvalue weighted by Gasteiger charge is -2.29. The second-order valence-electron chi connectivity index (χ2n) is 5.83. The van der Waals surface area contributed by atoms with Crippen LogP contribution in [0.1, 0.15) is 12.8 Å². The third-order valence-corrected chi connectivity index (χ3v) is 3.90. The van der Waals surface area contributed by atoms with E-state index >= 15 is 0 Å². The van der Waals surface area contributed by atoms with Gasteiger partial charge in [-0.15, -0.1) is 0 Å². The third-order valence-electron chi connectivity index (χ3n) is 3.90. The van der Waals surface area contributed by atoms with Gasteiger partial charge >= 0.3 is 6.03 Å². The first kappa shape index (κ1) is 16.8. The number of amides is 3. The molecule has 0 aliphatic carbocycles. The standard InChI is InChI=1S/C18H20N4O3/c1-22-12-6-9-14(17(22)23)19-18(24)21-15-10-5-11-16(20-15)25-13-7-3-2-4-8-13/h2-5,7-8,10-11,14H,6,9,12H2,1H3,(H2,19,20,21,24). The van der Waals surface area contributed by atoms with Crippen LogP contribution in [-0.2, 0) is 4.79 Å². The lowest BCUT2D eigenvalue weighted by Crippen LogP contribution is -2.51. The van der Waals surface area contributed by atoms with E-state index in [2.05, 4.69) is 15.6 Å². The zero-order valence-electron chi connectivity index (χ0n) is 13.9. The zero-order chi connectivity index (χ0) is 17.6. The highest BCUT2D eigenvalue weighted by Crippen LogP contribution is 2.20. The molecule has 1 fully saturated rings. The molecule has 130 valence electrons. The summed E-state index contributed by atoms with van der Waals surface area (Å²) in [6, 6.07) is 13.4. The topological polar surface area (TPSA) is 83.6 Å². The van der Waals surface area contributed by atoms with Crippen molar-refractivity contribution in [2.24, 2.45) is 0 Å². The van der Waals surface area contributed by atoms with Crippen molar-refractivity contribution >= 4 is 17.8 Å². The predicted molar refractivity (Wildman–Crippen MR) is 93.6 cm³/mol. The number of pyridine rings is 1. The van der Waals surface area contributed by atoms with Crippen LogP contribution in [0.25, 0.3) is 0 Å². The Morgan fingerprint density at radius 3 is 2.80 bits per heavy atom. The van der Waals surface area contributed by atoms with Gasteiger partial charge in [-0.3, -0.25) is 10.1 Å². The van der Waals surface area contributed by atoms with E-state index < -0.39 is 12.1 Å². The van der Waals surface area contributed by atoms with Gasteiger partial charge in [-0.1, -0.05) is 24.3 Å². The number of anilines is 1. The van der Waals surface area contributed by atoms with Gasteiger partial charge in [0.15, 0.2) is 0 Å². The summed E-state index contributed by atoms with van der Waals surface area (Å²) in [5.74, 6) is 1.31. The molecule has 1 aliphatic rings. The highest BCUT2D eigenvalue weighted by Gasteiger charge is 2.27. The average molecular weight is 340 g/mol. The molecule has 0 saturated carbocycles. The Morgan fingerprint density at radius 2 is 2.00 bits per heavy atom. The molecule has 1 aliphatic heterocycles. The van der Waals surface area contributed by atoms with Crippen molar-refractivity contribution in [2.45, 2.75) is 18.9 Å². The molecule has 2 aromatic rings. The molecule has 1 saturated heterocycles. The maximum atomic E-state index is 12.1. The number of nitrogens with one attached hydrogen (secondary N) is 2. The van der Waals surface area contributed by atoms with E-state index in [4.69, 9.17) is 4.74 Å². The van der Waals surface area contributed by atoms with E-state index in [0.717, 1.165) is 13.0 Å². The number of carbonyl (C=O) groups excluding carboxylic acids is 2. The minimum atomic E-state index is -0.498. The smallest absolute Gasteiger partial charge is 0.321 e. The molecule has 3 amide bonds. The molecular formula is C18H20N4O3. The summed E-state index contributed by atoms with van der Waals surface area (Å²) in [6.07, 6.45) is 1.51. The summed E-state index contributed by atoms with van der Waals surface area (Å²) in [4.78, 5) is 30.0. The van der Waals surface area contributed by atoms with Crippen LogP contribution in [0.2, 0.25) is 0 Å². The molecule has 0 bridgehead atoms. The van der Waals surface area contributed by atoms with Gasteiger partial charge < -0.3 is 15.0 Å². The number of para-hydroxylation sites is 1. The van der Waals surface area contributed by atoms with Gasteiger partial charge in [0.2, 0.25) is 11.8 Å². The highest BCUT2D eigenvalue weighted by molar-refractivity contribution is 5.93. The molecular weight excluding hydrogens is 320 g/mol. The van der Waals surface area contributed by atoms with Crippen molar-refractivity contribution < 1.29 is 14.3 Å². The van der Waals surface area contributed by atoms with E-state index in [0.29, 0.717) is 23.9 Å². The molecule has 25 heavy (non-hydrogen) atoms. The number of ether oxygens (including phenoxy) is 1. The summed E-state index contributed by atoms with van der Waals surface area (Å²) in [6.45, 7) is 0.721. The second-order valence-corrected chi connectivity index (χ2v) is 5.83. The molecule has 2 N–H and O–H groups in total. The largest absolute Gasteiger partial charge is 0.439 e. The predicted octanol–water partition coefficient (Wildman–Crippen LogP) is 2.62.